The second-order valence-electron chi connectivity index (χ2n) is 4.31. The van der Waals surface area contributed by atoms with Crippen molar-refractivity contribution in [2.24, 2.45) is 5.73 Å². The molecule has 2 N–H and O–H groups in total. The molecule has 2 aromatic rings. The molecule has 0 bridgehead atoms. The zero-order valence-corrected chi connectivity index (χ0v) is 12.1. The fraction of sp³-hybridized carbons (Fsp3) is 0.417. The Morgan fingerprint density at radius 2 is 2.16 bits per heavy atom. The minimum Gasteiger partial charge on any atom is -0.339 e. The van der Waals surface area contributed by atoms with Crippen molar-refractivity contribution < 1.29 is 4.52 Å². The van der Waals surface area contributed by atoms with Crippen LogP contribution in [-0.4, -0.2) is 21.2 Å². The highest BCUT2D eigenvalue weighted by Crippen LogP contribution is 2.28. The zero-order valence-electron chi connectivity index (χ0n) is 10.6. The molecule has 0 spiro atoms. The summed E-state index contributed by atoms with van der Waals surface area (Å²) < 4.78 is 5.25. The first-order chi connectivity index (χ1) is 9.02. The number of aromatic nitrogens is 3. The molecular weight excluding hydrogens is 287 g/mol. The van der Waals surface area contributed by atoms with Crippen molar-refractivity contribution >= 4 is 23.2 Å². The number of hydrogen-bond acceptors (Lipinski definition) is 5. The van der Waals surface area contributed by atoms with Crippen molar-refractivity contribution in [3.63, 3.8) is 0 Å². The Labute approximate surface area is 121 Å². The summed E-state index contributed by atoms with van der Waals surface area (Å²) >= 11 is 11.9. The van der Waals surface area contributed by atoms with Crippen molar-refractivity contribution in [2.75, 3.05) is 0 Å². The van der Waals surface area contributed by atoms with Crippen molar-refractivity contribution in [1.29, 1.82) is 0 Å². The highest BCUT2D eigenvalue weighted by Gasteiger charge is 2.22. The van der Waals surface area contributed by atoms with E-state index in [-0.39, 0.29) is 12.0 Å². The van der Waals surface area contributed by atoms with Gasteiger partial charge in [-0.3, -0.25) is 0 Å². The van der Waals surface area contributed by atoms with E-state index in [9.17, 15) is 0 Å². The maximum Gasteiger partial charge on any atom is 0.231 e. The molecule has 0 aliphatic carbocycles. The summed E-state index contributed by atoms with van der Waals surface area (Å²) in [7, 11) is 0. The fourth-order valence-electron chi connectivity index (χ4n) is 1.83. The van der Waals surface area contributed by atoms with E-state index < -0.39 is 0 Å². The van der Waals surface area contributed by atoms with Gasteiger partial charge < -0.3 is 10.3 Å². The van der Waals surface area contributed by atoms with Gasteiger partial charge in [0.05, 0.1) is 16.0 Å². The Balaban J connectivity index is 2.35. The van der Waals surface area contributed by atoms with Gasteiger partial charge in [-0.15, -0.1) is 0 Å². The molecule has 19 heavy (non-hydrogen) atoms. The average Bonchev–Trinajstić information content (AvgIpc) is 2.78. The van der Waals surface area contributed by atoms with Crippen LogP contribution in [0.2, 0.25) is 10.0 Å². The van der Waals surface area contributed by atoms with E-state index in [0.29, 0.717) is 27.5 Å². The SMILES string of the molecule is CCC(c1nc(-c2ncc(Cl)cc2Cl)no1)C(C)N. The van der Waals surface area contributed by atoms with Gasteiger partial charge in [0.25, 0.3) is 0 Å². The van der Waals surface area contributed by atoms with Gasteiger partial charge >= 0.3 is 0 Å². The van der Waals surface area contributed by atoms with Gasteiger partial charge in [0, 0.05) is 12.2 Å². The molecule has 2 rings (SSSR count). The first kappa shape index (κ1) is 14.2. The molecule has 2 unspecified atom stereocenters. The largest absolute Gasteiger partial charge is 0.339 e. The molecule has 0 aliphatic heterocycles. The lowest BCUT2D eigenvalue weighted by atomic mass is 9.99. The third kappa shape index (κ3) is 3.05. The van der Waals surface area contributed by atoms with Crippen LogP contribution < -0.4 is 5.73 Å². The van der Waals surface area contributed by atoms with Crippen molar-refractivity contribution in [2.45, 2.75) is 32.2 Å². The third-order valence-electron chi connectivity index (χ3n) is 2.85. The predicted molar refractivity (Wildman–Crippen MR) is 74.2 cm³/mol. The topological polar surface area (TPSA) is 77.8 Å². The minimum absolute atomic E-state index is 0.0207. The predicted octanol–water partition coefficient (Wildman–Crippen LogP) is 3.28. The smallest absolute Gasteiger partial charge is 0.231 e. The van der Waals surface area contributed by atoms with Crippen LogP contribution in [-0.2, 0) is 0 Å². The first-order valence-electron chi connectivity index (χ1n) is 5.93. The fourth-order valence-corrected chi connectivity index (χ4v) is 2.30. The Morgan fingerprint density at radius 3 is 2.74 bits per heavy atom. The maximum atomic E-state index is 6.06. The van der Waals surface area contributed by atoms with Gasteiger partial charge in [-0.1, -0.05) is 35.3 Å². The van der Waals surface area contributed by atoms with Crippen molar-refractivity contribution in [3.8, 4) is 11.5 Å². The number of hydrogen-bond donors (Lipinski definition) is 1. The number of halogens is 2. The van der Waals surface area contributed by atoms with Gasteiger partial charge in [0.1, 0.15) is 5.69 Å². The molecule has 0 fully saturated rings. The van der Waals surface area contributed by atoms with Crippen LogP contribution in [0.15, 0.2) is 16.8 Å². The summed E-state index contributed by atoms with van der Waals surface area (Å²) in [4.78, 5) is 8.43. The van der Waals surface area contributed by atoms with E-state index in [0.717, 1.165) is 6.42 Å². The molecule has 2 atom stereocenters. The van der Waals surface area contributed by atoms with E-state index in [4.69, 9.17) is 33.5 Å². The number of rotatable bonds is 4. The minimum atomic E-state index is -0.0630. The van der Waals surface area contributed by atoms with Gasteiger partial charge in [-0.2, -0.15) is 4.98 Å². The van der Waals surface area contributed by atoms with Crippen molar-refractivity contribution in [3.05, 3.63) is 28.2 Å². The zero-order chi connectivity index (χ0) is 14.0. The summed E-state index contributed by atoms with van der Waals surface area (Å²) in [6.07, 6.45) is 2.31. The number of nitrogens with two attached hydrogens (primary N) is 1. The summed E-state index contributed by atoms with van der Waals surface area (Å²) in [6, 6.07) is 1.52. The van der Waals surface area contributed by atoms with Gasteiger partial charge in [0.2, 0.25) is 11.7 Å². The molecule has 7 heteroatoms. The number of pyridine rings is 1. The van der Waals surface area contributed by atoms with E-state index in [2.05, 4.69) is 15.1 Å². The third-order valence-corrected chi connectivity index (χ3v) is 3.35. The lowest BCUT2D eigenvalue weighted by molar-refractivity contribution is 0.334. The van der Waals surface area contributed by atoms with Crippen LogP contribution in [0.1, 0.15) is 32.1 Å². The standard InChI is InChI=1S/C12H14Cl2N4O/c1-3-8(6(2)15)12-17-11(18-19-12)10-9(14)4-7(13)5-16-10/h4-6,8H,3,15H2,1-2H3. The lowest BCUT2D eigenvalue weighted by Crippen LogP contribution is -2.24. The first-order valence-corrected chi connectivity index (χ1v) is 6.69. The lowest BCUT2D eigenvalue weighted by Gasteiger charge is -2.13. The molecule has 2 heterocycles. The second kappa shape index (κ2) is 5.86. The molecule has 0 aliphatic rings. The summed E-state index contributed by atoms with van der Waals surface area (Å²) in [5, 5.41) is 4.74. The molecule has 0 saturated carbocycles. The molecule has 2 aromatic heterocycles. The highest BCUT2D eigenvalue weighted by atomic mass is 35.5. The van der Waals surface area contributed by atoms with Gasteiger partial charge in [-0.05, 0) is 19.4 Å². The van der Waals surface area contributed by atoms with Crippen LogP contribution in [0, 0.1) is 0 Å². The molecule has 0 aromatic carbocycles. The van der Waals surface area contributed by atoms with E-state index >= 15 is 0 Å². The van der Waals surface area contributed by atoms with Crippen LogP contribution in [0.4, 0.5) is 0 Å². The quantitative estimate of drug-likeness (QED) is 0.937. The normalized spacial score (nSPS) is 14.4. The highest BCUT2D eigenvalue weighted by molar-refractivity contribution is 6.35. The monoisotopic (exact) mass is 300 g/mol. The summed E-state index contributed by atoms with van der Waals surface area (Å²) in [5.41, 5.74) is 6.33. The van der Waals surface area contributed by atoms with E-state index in [1.54, 1.807) is 6.07 Å². The summed E-state index contributed by atoms with van der Waals surface area (Å²) in [5.74, 6) is 0.864. The second-order valence-corrected chi connectivity index (χ2v) is 5.16. The molecule has 102 valence electrons. The Kier molecular flexibility index (Phi) is 4.39. The molecular formula is C12H14Cl2N4O. The van der Waals surface area contributed by atoms with Crippen LogP contribution in [0.5, 0.6) is 0 Å². The van der Waals surface area contributed by atoms with Gasteiger partial charge in [0.15, 0.2) is 0 Å². The molecule has 0 amide bonds. The number of nitrogens with zero attached hydrogens (tertiary/aromatic N) is 3. The van der Waals surface area contributed by atoms with Gasteiger partial charge in [-0.25, -0.2) is 4.98 Å². The van der Waals surface area contributed by atoms with Crippen LogP contribution in [0.25, 0.3) is 11.5 Å². The maximum absolute atomic E-state index is 6.06. The van der Waals surface area contributed by atoms with E-state index in [1.165, 1.54) is 6.20 Å². The summed E-state index contributed by atoms with van der Waals surface area (Å²) in [6.45, 7) is 3.93. The van der Waals surface area contributed by atoms with Crippen molar-refractivity contribution in [1.82, 2.24) is 15.1 Å². The Hall–Kier alpha value is -1.17. The average molecular weight is 301 g/mol. The Bertz CT molecular complexity index is 571. The Morgan fingerprint density at radius 1 is 1.42 bits per heavy atom. The molecule has 5 nitrogen and oxygen atoms in total. The van der Waals surface area contributed by atoms with Crippen LogP contribution >= 0.6 is 23.2 Å². The molecule has 0 saturated heterocycles. The van der Waals surface area contributed by atoms with E-state index in [1.807, 2.05) is 13.8 Å². The molecule has 0 radical (unpaired) electrons. The van der Waals surface area contributed by atoms with Crippen LogP contribution in [0.3, 0.4) is 0 Å².